The van der Waals surface area contributed by atoms with Crippen LogP contribution in [-0.2, 0) is 23.6 Å². The van der Waals surface area contributed by atoms with Crippen LogP contribution in [0.25, 0.3) is 0 Å². The topological polar surface area (TPSA) is 60.3 Å². The van der Waals surface area contributed by atoms with Gasteiger partial charge in [0, 0.05) is 29.0 Å². The summed E-state index contributed by atoms with van der Waals surface area (Å²) in [6.07, 6.45) is 1.61. The van der Waals surface area contributed by atoms with Crippen LogP contribution in [-0.4, -0.2) is 17.6 Å². The van der Waals surface area contributed by atoms with Crippen molar-refractivity contribution in [2.24, 2.45) is 0 Å². The highest BCUT2D eigenvalue weighted by molar-refractivity contribution is 7.98. The molecule has 0 unspecified atom stereocenters. The molecule has 0 aliphatic heterocycles. The molecule has 1 heterocycles. The lowest BCUT2D eigenvalue weighted by Crippen LogP contribution is -2.28. The first-order chi connectivity index (χ1) is 14.0. The molecule has 0 bridgehead atoms. The zero-order valence-electron chi connectivity index (χ0n) is 16.6. The van der Waals surface area contributed by atoms with E-state index in [9.17, 15) is 9.59 Å². The van der Waals surface area contributed by atoms with Gasteiger partial charge in [-0.2, -0.15) is 0 Å². The number of hydrogen-bond acceptors (Lipinski definition) is 4. The van der Waals surface area contributed by atoms with E-state index in [0.717, 1.165) is 16.2 Å². The molecule has 0 atom stereocenters. The highest BCUT2D eigenvalue weighted by Crippen LogP contribution is 2.22. The summed E-state index contributed by atoms with van der Waals surface area (Å²) < 4.78 is 6.93. The molecule has 5 nitrogen and oxygen atoms in total. The van der Waals surface area contributed by atoms with Crippen molar-refractivity contribution in [3.63, 3.8) is 0 Å². The normalized spacial score (nSPS) is 10.6. The van der Waals surface area contributed by atoms with E-state index in [-0.39, 0.29) is 23.6 Å². The quantitative estimate of drug-likeness (QED) is 0.577. The van der Waals surface area contributed by atoms with Gasteiger partial charge >= 0.3 is 0 Å². The largest absolute Gasteiger partial charge is 0.491 e. The van der Waals surface area contributed by atoms with Gasteiger partial charge in [0.05, 0.1) is 13.3 Å². The van der Waals surface area contributed by atoms with Gasteiger partial charge in [-0.05, 0) is 24.6 Å². The maximum absolute atomic E-state index is 12.5. The lowest BCUT2D eigenvalue weighted by Gasteiger charge is -2.15. The van der Waals surface area contributed by atoms with Crippen molar-refractivity contribution >= 4 is 17.7 Å². The van der Waals surface area contributed by atoms with Crippen LogP contribution in [0.5, 0.6) is 5.75 Å². The first-order valence-corrected chi connectivity index (χ1v) is 10.3. The minimum Gasteiger partial charge on any atom is -0.491 e. The van der Waals surface area contributed by atoms with E-state index in [4.69, 9.17) is 4.74 Å². The maximum atomic E-state index is 12.5. The van der Waals surface area contributed by atoms with Crippen molar-refractivity contribution in [3.05, 3.63) is 93.9 Å². The molecule has 1 amide bonds. The Hall–Kier alpha value is -2.99. The molecular weight excluding hydrogens is 384 g/mol. The number of aromatic nitrogens is 1. The van der Waals surface area contributed by atoms with Gasteiger partial charge in [-0.3, -0.25) is 9.59 Å². The fourth-order valence-corrected chi connectivity index (χ4v) is 3.72. The second-order valence-corrected chi connectivity index (χ2v) is 7.74. The van der Waals surface area contributed by atoms with Crippen molar-refractivity contribution in [2.45, 2.75) is 30.7 Å². The fourth-order valence-electron chi connectivity index (χ4n) is 2.81. The van der Waals surface area contributed by atoms with Crippen molar-refractivity contribution in [1.29, 1.82) is 0 Å². The molecule has 6 heteroatoms. The second-order valence-electron chi connectivity index (χ2n) is 6.69. The maximum Gasteiger partial charge on any atom is 0.240 e. The summed E-state index contributed by atoms with van der Waals surface area (Å²) in [6.45, 7) is 2.61. The third kappa shape index (κ3) is 5.99. The number of thioether (sulfide) groups is 1. The Morgan fingerprint density at radius 1 is 1.10 bits per heavy atom. The number of aryl methyl sites for hydroxylation is 1. The number of hydrogen-bond donors (Lipinski definition) is 1. The van der Waals surface area contributed by atoms with Gasteiger partial charge in [0.2, 0.25) is 11.3 Å². The number of carbonyl (C=O) groups excluding carboxylic acids is 1. The molecule has 0 spiro atoms. The number of ether oxygens (including phenoxy) is 1. The van der Waals surface area contributed by atoms with Gasteiger partial charge in [0.15, 0.2) is 5.75 Å². The summed E-state index contributed by atoms with van der Waals surface area (Å²) in [4.78, 5) is 25.8. The van der Waals surface area contributed by atoms with E-state index < -0.39 is 0 Å². The predicted molar refractivity (Wildman–Crippen MR) is 116 cm³/mol. The monoisotopic (exact) mass is 408 g/mol. The van der Waals surface area contributed by atoms with Crippen LogP contribution in [0, 0.1) is 6.92 Å². The van der Waals surface area contributed by atoms with Crippen LogP contribution in [0.1, 0.15) is 16.8 Å². The van der Waals surface area contributed by atoms with E-state index in [0.29, 0.717) is 12.3 Å². The molecular formula is C23H24N2O3S. The van der Waals surface area contributed by atoms with E-state index in [1.807, 2.05) is 61.5 Å². The van der Waals surface area contributed by atoms with Gasteiger partial charge in [-0.15, -0.1) is 11.8 Å². The van der Waals surface area contributed by atoms with Crippen LogP contribution >= 0.6 is 11.8 Å². The third-order valence-electron chi connectivity index (χ3n) is 4.46. The zero-order chi connectivity index (χ0) is 20.6. The second kappa shape index (κ2) is 9.98. The summed E-state index contributed by atoms with van der Waals surface area (Å²) in [5.41, 5.74) is 2.81. The molecule has 150 valence electrons. The van der Waals surface area contributed by atoms with Crippen LogP contribution < -0.4 is 15.5 Å². The number of nitrogens with one attached hydrogen (secondary N) is 1. The van der Waals surface area contributed by atoms with E-state index >= 15 is 0 Å². The summed E-state index contributed by atoms with van der Waals surface area (Å²) in [7, 11) is 1.46. The fraction of sp³-hybridized carbons (Fsp3) is 0.217. The smallest absolute Gasteiger partial charge is 0.240 e. The molecule has 0 aliphatic carbocycles. The summed E-state index contributed by atoms with van der Waals surface area (Å²) in [5, 5.41) is 2.93. The van der Waals surface area contributed by atoms with Crippen LogP contribution in [0.2, 0.25) is 0 Å². The van der Waals surface area contributed by atoms with Crippen LogP contribution in [0.3, 0.4) is 0 Å². The van der Waals surface area contributed by atoms with Gasteiger partial charge in [0.25, 0.3) is 0 Å². The van der Waals surface area contributed by atoms with Gasteiger partial charge in [-0.1, -0.05) is 48.0 Å². The first-order valence-electron chi connectivity index (χ1n) is 9.32. The average molecular weight is 409 g/mol. The Morgan fingerprint density at radius 2 is 1.83 bits per heavy atom. The van der Waals surface area contributed by atoms with Gasteiger partial charge in [0.1, 0.15) is 6.54 Å². The molecule has 0 saturated heterocycles. The lowest BCUT2D eigenvalue weighted by molar-refractivity contribution is -0.121. The Balaban J connectivity index is 1.70. The first kappa shape index (κ1) is 20.7. The zero-order valence-corrected chi connectivity index (χ0v) is 17.4. The molecule has 29 heavy (non-hydrogen) atoms. The van der Waals surface area contributed by atoms with Crippen LogP contribution in [0.4, 0.5) is 0 Å². The average Bonchev–Trinajstić information content (AvgIpc) is 2.74. The Bertz CT molecular complexity index is 1010. The number of nitrogens with zero attached hydrogens (tertiary/aromatic N) is 1. The number of benzene rings is 2. The Morgan fingerprint density at radius 3 is 2.52 bits per heavy atom. The molecule has 3 aromatic rings. The molecule has 3 rings (SSSR count). The van der Waals surface area contributed by atoms with Gasteiger partial charge < -0.3 is 14.6 Å². The molecule has 2 aromatic carbocycles. The SMILES string of the molecule is COc1cn(CC(=O)NCc2ccc(C)cc2)c(CSc2ccccc2)cc1=O. The molecule has 1 N–H and O–H groups in total. The lowest BCUT2D eigenvalue weighted by atomic mass is 10.1. The van der Waals surface area contributed by atoms with Crippen molar-refractivity contribution < 1.29 is 9.53 Å². The third-order valence-corrected chi connectivity index (χ3v) is 5.50. The number of methoxy groups -OCH3 is 1. The minimum absolute atomic E-state index is 0.118. The molecule has 0 fully saturated rings. The van der Waals surface area contributed by atoms with Crippen molar-refractivity contribution in [2.75, 3.05) is 7.11 Å². The highest BCUT2D eigenvalue weighted by atomic mass is 32.2. The minimum atomic E-state index is -0.188. The number of rotatable bonds is 8. The van der Waals surface area contributed by atoms with Crippen molar-refractivity contribution in [1.82, 2.24) is 9.88 Å². The summed E-state index contributed by atoms with van der Waals surface area (Å²) in [5.74, 6) is 0.682. The predicted octanol–water partition coefficient (Wildman–Crippen LogP) is 3.77. The summed E-state index contributed by atoms with van der Waals surface area (Å²) >= 11 is 1.62. The van der Waals surface area contributed by atoms with Crippen molar-refractivity contribution in [3.8, 4) is 5.75 Å². The number of amides is 1. The standard InChI is InChI=1S/C23H24N2O3S/c1-17-8-10-18(11-9-17)13-24-23(27)15-25-14-22(28-2)21(26)12-19(25)16-29-20-6-4-3-5-7-20/h3-12,14H,13,15-16H2,1-2H3,(H,24,27). The van der Waals surface area contributed by atoms with E-state index in [2.05, 4.69) is 5.32 Å². The number of carbonyl (C=O) groups is 1. The highest BCUT2D eigenvalue weighted by Gasteiger charge is 2.11. The van der Waals surface area contributed by atoms with E-state index in [1.165, 1.54) is 12.7 Å². The Kier molecular flexibility index (Phi) is 7.14. The Labute approximate surface area is 174 Å². The number of pyridine rings is 1. The summed E-state index contributed by atoms with van der Waals surface area (Å²) in [6, 6.07) is 19.5. The van der Waals surface area contributed by atoms with Gasteiger partial charge in [-0.25, -0.2) is 0 Å². The molecule has 1 aromatic heterocycles. The molecule has 0 aliphatic rings. The van der Waals surface area contributed by atoms with E-state index in [1.54, 1.807) is 28.6 Å². The molecule has 0 saturated carbocycles. The molecule has 0 radical (unpaired) electrons. The van der Waals surface area contributed by atoms with Crippen LogP contribution in [0.15, 0.2) is 76.6 Å².